The topological polar surface area (TPSA) is 106 Å². The van der Waals surface area contributed by atoms with Crippen LogP contribution in [0, 0.1) is 19.8 Å². The van der Waals surface area contributed by atoms with Gasteiger partial charge >= 0.3 is 0 Å². The van der Waals surface area contributed by atoms with Gasteiger partial charge in [0.25, 0.3) is 11.8 Å². The number of aromatic amines is 1. The number of nitrogens with two attached hydrogens (primary N) is 1. The van der Waals surface area contributed by atoms with Crippen LogP contribution >= 0.6 is 0 Å². The second-order valence-corrected chi connectivity index (χ2v) is 10.8. The van der Waals surface area contributed by atoms with Crippen molar-refractivity contribution in [2.45, 2.75) is 59.3 Å². The Hall–Kier alpha value is -3.65. The van der Waals surface area contributed by atoms with Crippen molar-refractivity contribution in [3.8, 4) is 11.1 Å². The minimum Gasteiger partial charge on any atom is -0.372 e. The number of fused-ring (bicyclic) bond motifs is 3. The lowest BCUT2D eigenvalue weighted by Crippen LogP contribution is -2.48. The highest BCUT2D eigenvalue weighted by Crippen LogP contribution is 2.40. The van der Waals surface area contributed by atoms with Crippen LogP contribution in [-0.2, 0) is 11.3 Å². The van der Waals surface area contributed by atoms with E-state index in [1.807, 2.05) is 56.9 Å². The lowest BCUT2D eigenvalue weighted by Gasteiger charge is -2.35. The Morgan fingerprint density at radius 3 is 2.43 bits per heavy atom. The van der Waals surface area contributed by atoms with Gasteiger partial charge in [-0.05, 0) is 76.3 Å². The van der Waals surface area contributed by atoms with Gasteiger partial charge in [0, 0.05) is 52.7 Å². The molecule has 0 unspecified atom stereocenters. The molecular weight excluding hydrogens is 466 g/mol. The normalized spacial score (nSPS) is 20.2. The molecule has 0 spiro atoms. The van der Waals surface area contributed by atoms with E-state index < -0.39 is 5.91 Å². The fourth-order valence-corrected chi connectivity index (χ4v) is 5.95. The molecule has 1 aliphatic heterocycles. The molecule has 0 bridgehead atoms. The number of benzene rings is 2. The first-order valence-corrected chi connectivity index (χ1v) is 13.1. The fourth-order valence-electron chi connectivity index (χ4n) is 5.95. The zero-order chi connectivity index (χ0) is 26.0. The molecule has 2 amide bonds. The van der Waals surface area contributed by atoms with E-state index in [0.717, 1.165) is 50.9 Å². The molecule has 2 atom stereocenters. The first kappa shape index (κ1) is 23.7. The largest absolute Gasteiger partial charge is 0.372 e. The van der Waals surface area contributed by atoms with Crippen LogP contribution in [0.5, 0.6) is 0 Å². The number of nitrogens with one attached hydrogen (secondary N) is 1. The number of carbonyl (C=O) groups excluding carboxylic acids is 2. The third kappa shape index (κ3) is 4.09. The minimum atomic E-state index is -0.460. The number of hydrogen-bond acceptors (Lipinski definition) is 4. The van der Waals surface area contributed by atoms with Crippen LogP contribution in [0.4, 0.5) is 0 Å². The lowest BCUT2D eigenvalue weighted by atomic mass is 9.97. The van der Waals surface area contributed by atoms with Crippen LogP contribution in [0.15, 0.2) is 30.3 Å². The van der Waals surface area contributed by atoms with Crippen LogP contribution < -0.4 is 5.73 Å². The minimum absolute atomic E-state index is 0.00382. The summed E-state index contributed by atoms with van der Waals surface area (Å²) in [6, 6.07) is 9.93. The van der Waals surface area contributed by atoms with Gasteiger partial charge in [-0.15, -0.1) is 0 Å². The SMILES string of the molecule is Cc1n[nH]c(C)c1-c1cc(C(N)=O)c2c(c1)c1ccc(C(=O)N3C[C@@H](C)O[C@@H](C)C3)cc1n2CC1CC1. The standard InChI is InChI=1S/C29H33N5O3/c1-15-12-33(13-16(2)37-15)29(36)20-7-8-22-23-9-21(26-17(3)31-32-18(26)4)10-24(28(30)35)27(23)34(25(22)11-20)14-19-5-6-19/h7-11,15-16,19H,5-6,12-14H2,1-4H3,(H2,30,35)(H,31,32)/t15-,16+. The van der Waals surface area contributed by atoms with Crippen LogP contribution in [0.1, 0.15) is 58.8 Å². The first-order chi connectivity index (χ1) is 17.7. The first-order valence-electron chi connectivity index (χ1n) is 13.1. The molecule has 2 aromatic heterocycles. The summed E-state index contributed by atoms with van der Waals surface area (Å²) in [4.78, 5) is 28.2. The molecule has 4 aromatic rings. The number of primary amides is 1. The number of rotatable bonds is 5. The van der Waals surface area contributed by atoms with E-state index >= 15 is 0 Å². The fraction of sp³-hybridized carbons (Fsp3) is 0.414. The van der Waals surface area contributed by atoms with Crippen molar-refractivity contribution in [2.75, 3.05) is 13.1 Å². The Morgan fingerprint density at radius 1 is 1.08 bits per heavy atom. The summed E-state index contributed by atoms with van der Waals surface area (Å²) in [5.74, 6) is 0.114. The van der Waals surface area contributed by atoms with Crippen molar-refractivity contribution in [3.63, 3.8) is 0 Å². The second kappa shape index (κ2) is 8.73. The maximum atomic E-state index is 13.5. The molecule has 192 valence electrons. The quantitative estimate of drug-likeness (QED) is 0.420. The third-order valence-electron chi connectivity index (χ3n) is 7.73. The zero-order valence-corrected chi connectivity index (χ0v) is 21.8. The molecule has 2 aliphatic rings. The predicted molar refractivity (Wildman–Crippen MR) is 144 cm³/mol. The summed E-state index contributed by atoms with van der Waals surface area (Å²) in [5, 5.41) is 9.37. The lowest BCUT2D eigenvalue weighted by molar-refractivity contribution is -0.0586. The number of hydrogen-bond donors (Lipinski definition) is 2. The van der Waals surface area contributed by atoms with Crippen LogP contribution in [-0.4, -0.2) is 56.8 Å². The van der Waals surface area contributed by atoms with Gasteiger partial charge < -0.3 is 19.9 Å². The molecule has 0 radical (unpaired) electrons. The Bertz CT molecular complexity index is 1530. The molecule has 37 heavy (non-hydrogen) atoms. The average Bonchev–Trinajstić information content (AvgIpc) is 3.55. The second-order valence-electron chi connectivity index (χ2n) is 10.8. The molecule has 3 N–H and O–H groups in total. The molecule has 2 aromatic carbocycles. The molecule has 8 heteroatoms. The van der Waals surface area contributed by atoms with Gasteiger partial charge in [0.15, 0.2) is 0 Å². The van der Waals surface area contributed by atoms with E-state index in [2.05, 4.69) is 20.8 Å². The van der Waals surface area contributed by atoms with Crippen molar-refractivity contribution in [2.24, 2.45) is 11.7 Å². The summed E-state index contributed by atoms with van der Waals surface area (Å²) < 4.78 is 8.04. The van der Waals surface area contributed by atoms with E-state index in [0.29, 0.717) is 30.1 Å². The highest BCUT2D eigenvalue weighted by atomic mass is 16.5. The van der Waals surface area contributed by atoms with E-state index in [4.69, 9.17) is 10.5 Å². The van der Waals surface area contributed by atoms with Gasteiger partial charge in [-0.2, -0.15) is 5.10 Å². The summed E-state index contributed by atoms with van der Waals surface area (Å²) in [7, 11) is 0. The number of nitrogens with zero attached hydrogens (tertiary/aromatic N) is 3. The molecule has 1 saturated carbocycles. The summed E-state index contributed by atoms with van der Waals surface area (Å²) in [6.45, 7) is 9.88. The smallest absolute Gasteiger partial charge is 0.254 e. The molecule has 6 rings (SSSR count). The van der Waals surface area contributed by atoms with Gasteiger partial charge in [-0.3, -0.25) is 14.7 Å². The number of morpholine rings is 1. The summed E-state index contributed by atoms with van der Waals surface area (Å²) in [6.07, 6.45) is 2.34. The number of ether oxygens (including phenoxy) is 1. The van der Waals surface area contributed by atoms with Gasteiger partial charge in [0.2, 0.25) is 0 Å². The number of carbonyl (C=O) groups is 2. The molecular formula is C29H33N5O3. The number of aryl methyl sites for hydroxylation is 2. The highest BCUT2D eigenvalue weighted by molar-refractivity contribution is 6.17. The summed E-state index contributed by atoms with van der Waals surface area (Å²) in [5.41, 5.74) is 12.6. The maximum Gasteiger partial charge on any atom is 0.254 e. The van der Waals surface area contributed by atoms with Gasteiger partial charge in [0.05, 0.1) is 29.0 Å². The van der Waals surface area contributed by atoms with Crippen LogP contribution in [0.3, 0.4) is 0 Å². The number of H-pyrrole nitrogens is 1. The molecule has 2 fully saturated rings. The monoisotopic (exact) mass is 499 g/mol. The van der Waals surface area contributed by atoms with E-state index in [1.54, 1.807) is 0 Å². The maximum absolute atomic E-state index is 13.5. The van der Waals surface area contributed by atoms with Crippen LogP contribution in [0.25, 0.3) is 32.9 Å². The van der Waals surface area contributed by atoms with E-state index in [1.165, 1.54) is 12.8 Å². The molecule has 1 saturated heterocycles. The summed E-state index contributed by atoms with van der Waals surface area (Å²) >= 11 is 0. The van der Waals surface area contributed by atoms with Crippen molar-refractivity contribution in [1.29, 1.82) is 0 Å². The van der Waals surface area contributed by atoms with Crippen molar-refractivity contribution in [3.05, 3.63) is 52.8 Å². The highest BCUT2D eigenvalue weighted by Gasteiger charge is 2.29. The number of aromatic nitrogens is 3. The molecule has 3 heterocycles. The van der Waals surface area contributed by atoms with Gasteiger partial charge in [-0.1, -0.05) is 6.07 Å². The van der Waals surface area contributed by atoms with Crippen molar-refractivity contribution >= 4 is 33.6 Å². The van der Waals surface area contributed by atoms with E-state index in [-0.39, 0.29) is 18.1 Å². The zero-order valence-electron chi connectivity index (χ0n) is 21.8. The van der Waals surface area contributed by atoms with E-state index in [9.17, 15) is 9.59 Å². The average molecular weight is 500 g/mol. The third-order valence-corrected chi connectivity index (χ3v) is 7.73. The van der Waals surface area contributed by atoms with Crippen molar-refractivity contribution < 1.29 is 14.3 Å². The van der Waals surface area contributed by atoms with Crippen molar-refractivity contribution in [1.82, 2.24) is 19.7 Å². The Kier molecular flexibility index (Phi) is 5.60. The van der Waals surface area contributed by atoms with Gasteiger partial charge in [0.1, 0.15) is 0 Å². The predicted octanol–water partition coefficient (Wildman–Crippen LogP) is 4.56. The Labute approximate surface area is 215 Å². The molecule has 8 nitrogen and oxygen atoms in total. The van der Waals surface area contributed by atoms with Gasteiger partial charge in [-0.25, -0.2) is 0 Å². The van der Waals surface area contributed by atoms with Crippen LogP contribution in [0.2, 0.25) is 0 Å². The Balaban J connectivity index is 1.56. The number of amides is 2. The molecule has 1 aliphatic carbocycles. The Morgan fingerprint density at radius 2 is 1.81 bits per heavy atom.